The van der Waals surface area contributed by atoms with Crippen LogP contribution in [0.4, 0.5) is 0 Å². The Labute approximate surface area is 77.0 Å². The Morgan fingerprint density at radius 2 is 2.25 bits per heavy atom. The maximum absolute atomic E-state index is 9.59. The van der Waals surface area contributed by atoms with Crippen LogP contribution in [0.15, 0.2) is 24.3 Å². The summed E-state index contributed by atoms with van der Waals surface area (Å²) >= 11 is 5.83. The summed E-state index contributed by atoms with van der Waals surface area (Å²) in [6.07, 6.45) is 0.855. The molecule has 0 aliphatic heterocycles. The van der Waals surface area contributed by atoms with Gasteiger partial charge in [-0.2, -0.15) is 0 Å². The topological polar surface area (TPSA) is 20.2 Å². The monoisotopic (exact) mass is 182 g/mol. The first-order valence-corrected chi connectivity index (χ1v) is 4.45. The quantitative estimate of drug-likeness (QED) is 0.708. The SMILES string of the molecule is CC1(O)CC1c1cccc(Cl)c1. The molecule has 1 aliphatic rings. The average Bonchev–Trinajstić information content (AvgIpc) is 2.60. The fourth-order valence-electron chi connectivity index (χ4n) is 1.55. The van der Waals surface area contributed by atoms with Crippen LogP contribution in [0, 0.1) is 0 Å². The van der Waals surface area contributed by atoms with Crippen LogP contribution in [0.1, 0.15) is 24.8 Å². The molecule has 0 bridgehead atoms. The third-order valence-corrected chi connectivity index (χ3v) is 2.69. The lowest BCUT2D eigenvalue weighted by atomic mass is 10.1. The van der Waals surface area contributed by atoms with Gasteiger partial charge in [0.1, 0.15) is 0 Å². The van der Waals surface area contributed by atoms with Gasteiger partial charge in [-0.25, -0.2) is 0 Å². The van der Waals surface area contributed by atoms with Crippen LogP contribution in [0.5, 0.6) is 0 Å². The van der Waals surface area contributed by atoms with Gasteiger partial charge in [0.25, 0.3) is 0 Å². The summed E-state index contributed by atoms with van der Waals surface area (Å²) in [7, 11) is 0. The van der Waals surface area contributed by atoms with Crippen LogP contribution in [0.25, 0.3) is 0 Å². The Morgan fingerprint density at radius 1 is 1.58 bits per heavy atom. The molecule has 2 unspecified atom stereocenters. The van der Waals surface area contributed by atoms with E-state index in [-0.39, 0.29) is 5.92 Å². The summed E-state index contributed by atoms with van der Waals surface area (Å²) in [6, 6.07) is 7.71. The van der Waals surface area contributed by atoms with Gasteiger partial charge in [0.05, 0.1) is 5.60 Å². The molecule has 64 valence electrons. The molecule has 0 radical (unpaired) electrons. The van der Waals surface area contributed by atoms with Crippen molar-refractivity contribution in [2.75, 3.05) is 0 Å². The normalized spacial score (nSPS) is 33.4. The van der Waals surface area contributed by atoms with E-state index < -0.39 is 5.60 Å². The number of rotatable bonds is 1. The van der Waals surface area contributed by atoms with E-state index in [1.54, 1.807) is 0 Å². The van der Waals surface area contributed by atoms with E-state index in [1.165, 1.54) is 0 Å². The van der Waals surface area contributed by atoms with Gasteiger partial charge in [-0.1, -0.05) is 23.7 Å². The zero-order chi connectivity index (χ0) is 8.77. The standard InChI is InChI=1S/C10H11ClO/c1-10(12)6-9(10)7-3-2-4-8(11)5-7/h2-5,9,12H,6H2,1H3. The molecule has 12 heavy (non-hydrogen) atoms. The van der Waals surface area contributed by atoms with E-state index in [0.717, 1.165) is 17.0 Å². The minimum absolute atomic E-state index is 0.288. The Kier molecular flexibility index (Phi) is 1.67. The predicted octanol–water partition coefficient (Wildman–Crippen LogP) is 2.58. The Morgan fingerprint density at radius 3 is 2.75 bits per heavy atom. The van der Waals surface area contributed by atoms with E-state index in [1.807, 2.05) is 31.2 Å². The third kappa shape index (κ3) is 1.35. The van der Waals surface area contributed by atoms with Crippen molar-refractivity contribution in [1.29, 1.82) is 0 Å². The molecular weight excluding hydrogens is 172 g/mol. The van der Waals surface area contributed by atoms with Crippen molar-refractivity contribution >= 4 is 11.6 Å². The Bertz CT molecular complexity index is 306. The van der Waals surface area contributed by atoms with E-state index in [0.29, 0.717) is 0 Å². The van der Waals surface area contributed by atoms with E-state index in [4.69, 9.17) is 11.6 Å². The fraction of sp³-hybridized carbons (Fsp3) is 0.400. The van der Waals surface area contributed by atoms with Gasteiger partial charge in [0.2, 0.25) is 0 Å². The first-order chi connectivity index (χ1) is 5.59. The van der Waals surface area contributed by atoms with E-state index in [9.17, 15) is 5.11 Å². The zero-order valence-corrected chi connectivity index (χ0v) is 7.67. The van der Waals surface area contributed by atoms with Crippen LogP contribution in [-0.2, 0) is 0 Å². The summed E-state index contributed by atoms with van der Waals surface area (Å²) in [5.41, 5.74) is 0.650. The second-order valence-electron chi connectivity index (χ2n) is 3.67. The largest absolute Gasteiger partial charge is 0.390 e. The molecule has 1 saturated carbocycles. The first kappa shape index (κ1) is 8.09. The van der Waals surface area contributed by atoms with Crippen LogP contribution in [0.3, 0.4) is 0 Å². The average molecular weight is 183 g/mol. The lowest BCUT2D eigenvalue weighted by molar-refractivity contribution is 0.164. The second-order valence-corrected chi connectivity index (χ2v) is 4.11. The fourth-order valence-corrected chi connectivity index (χ4v) is 1.75. The molecular formula is C10H11ClO. The Balaban J connectivity index is 2.26. The van der Waals surface area contributed by atoms with Crippen LogP contribution >= 0.6 is 11.6 Å². The van der Waals surface area contributed by atoms with Gasteiger partial charge in [0, 0.05) is 10.9 Å². The Hall–Kier alpha value is -0.530. The number of halogens is 1. The number of hydrogen-bond acceptors (Lipinski definition) is 1. The van der Waals surface area contributed by atoms with Crippen molar-refractivity contribution in [3.63, 3.8) is 0 Å². The molecule has 1 fully saturated rings. The number of aliphatic hydroxyl groups is 1. The van der Waals surface area contributed by atoms with Crippen LogP contribution < -0.4 is 0 Å². The van der Waals surface area contributed by atoms with Gasteiger partial charge in [-0.3, -0.25) is 0 Å². The zero-order valence-electron chi connectivity index (χ0n) is 6.92. The van der Waals surface area contributed by atoms with Crippen molar-refractivity contribution in [3.8, 4) is 0 Å². The molecule has 0 saturated heterocycles. The number of benzene rings is 1. The highest BCUT2D eigenvalue weighted by atomic mass is 35.5. The summed E-state index contributed by atoms with van der Waals surface area (Å²) < 4.78 is 0. The van der Waals surface area contributed by atoms with Crippen molar-refractivity contribution < 1.29 is 5.11 Å². The predicted molar refractivity (Wildman–Crippen MR) is 49.4 cm³/mol. The maximum atomic E-state index is 9.59. The molecule has 2 rings (SSSR count). The highest BCUT2D eigenvalue weighted by molar-refractivity contribution is 6.30. The van der Waals surface area contributed by atoms with Gasteiger partial charge in [0.15, 0.2) is 0 Å². The molecule has 2 heteroatoms. The van der Waals surface area contributed by atoms with Crippen molar-refractivity contribution in [2.24, 2.45) is 0 Å². The number of hydrogen-bond donors (Lipinski definition) is 1. The van der Waals surface area contributed by atoms with Gasteiger partial charge < -0.3 is 5.11 Å². The molecule has 0 heterocycles. The van der Waals surface area contributed by atoms with Gasteiger partial charge in [-0.15, -0.1) is 0 Å². The summed E-state index contributed by atoms with van der Waals surface area (Å²) in [5.74, 6) is 0.288. The molecule has 1 aromatic rings. The maximum Gasteiger partial charge on any atom is 0.0696 e. The molecule has 0 amide bonds. The molecule has 0 aromatic heterocycles. The highest BCUT2D eigenvalue weighted by Crippen LogP contribution is 2.51. The molecule has 0 spiro atoms. The summed E-state index contributed by atoms with van der Waals surface area (Å²) in [4.78, 5) is 0. The van der Waals surface area contributed by atoms with Gasteiger partial charge in [-0.05, 0) is 31.0 Å². The van der Waals surface area contributed by atoms with Crippen LogP contribution in [-0.4, -0.2) is 10.7 Å². The lowest BCUT2D eigenvalue weighted by Crippen LogP contribution is -2.02. The highest BCUT2D eigenvalue weighted by Gasteiger charge is 2.49. The van der Waals surface area contributed by atoms with Crippen molar-refractivity contribution in [3.05, 3.63) is 34.9 Å². The minimum Gasteiger partial charge on any atom is -0.390 e. The van der Waals surface area contributed by atoms with Crippen molar-refractivity contribution in [2.45, 2.75) is 24.9 Å². The molecule has 1 aromatic carbocycles. The third-order valence-electron chi connectivity index (χ3n) is 2.46. The molecule has 2 atom stereocenters. The van der Waals surface area contributed by atoms with Crippen molar-refractivity contribution in [1.82, 2.24) is 0 Å². The summed E-state index contributed by atoms with van der Waals surface area (Å²) in [6.45, 7) is 1.86. The molecule has 1 N–H and O–H groups in total. The first-order valence-electron chi connectivity index (χ1n) is 4.07. The van der Waals surface area contributed by atoms with Gasteiger partial charge >= 0.3 is 0 Å². The lowest BCUT2D eigenvalue weighted by Gasteiger charge is -2.02. The van der Waals surface area contributed by atoms with E-state index in [2.05, 4.69) is 0 Å². The smallest absolute Gasteiger partial charge is 0.0696 e. The van der Waals surface area contributed by atoms with Crippen LogP contribution in [0.2, 0.25) is 5.02 Å². The second kappa shape index (κ2) is 2.48. The molecule has 1 nitrogen and oxygen atoms in total. The summed E-state index contributed by atoms with van der Waals surface area (Å²) in [5, 5.41) is 10.3. The minimum atomic E-state index is -0.495. The molecule has 1 aliphatic carbocycles. The van der Waals surface area contributed by atoms with E-state index >= 15 is 0 Å².